The smallest absolute Gasteiger partial charge is 0.291 e. The summed E-state index contributed by atoms with van der Waals surface area (Å²) in [4.78, 5) is 12.2. The van der Waals surface area contributed by atoms with Crippen LogP contribution in [0.25, 0.3) is 5.69 Å². The van der Waals surface area contributed by atoms with Gasteiger partial charge in [0, 0.05) is 0 Å². The molecule has 0 unspecified atom stereocenters. The SMILES string of the molecule is COc1ccc(-n2cc(C(=O)NNc3cccc(C)c3Cl)nn2)cc1. The second kappa shape index (κ2) is 7.23. The number of aromatic nitrogens is 3. The monoisotopic (exact) mass is 357 g/mol. The predicted molar refractivity (Wildman–Crippen MR) is 95.2 cm³/mol. The lowest BCUT2D eigenvalue weighted by atomic mass is 10.2. The minimum Gasteiger partial charge on any atom is -0.497 e. The van der Waals surface area contributed by atoms with E-state index in [1.807, 2.05) is 31.2 Å². The van der Waals surface area contributed by atoms with Crippen molar-refractivity contribution in [2.45, 2.75) is 6.92 Å². The van der Waals surface area contributed by atoms with Crippen molar-refractivity contribution in [2.24, 2.45) is 0 Å². The first-order valence-electron chi connectivity index (χ1n) is 7.46. The molecule has 0 bridgehead atoms. The molecular formula is C17H16ClN5O2. The molecule has 7 nitrogen and oxygen atoms in total. The summed E-state index contributed by atoms with van der Waals surface area (Å²) in [6.45, 7) is 1.88. The summed E-state index contributed by atoms with van der Waals surface area (Å²) in [5.74, 6) is 0.318. The molecule has 1 aromatic heterocycles. The quantitative estimate of drug-likeness (QED) is 0.686. The highest BCUT2D eigenvalue weighted by atomic mass is 35.5. The Morgan fingerprint density at radius 3 is 2.68 bits per heavy atom. The first-order valence-corrected chi connectivity index (χ1v) is 7.84. The lowest BCUT2D eigenvalue weighted by Crippen LogP contribution is -2.29. The summed E-state index contributed by atoms with van der Waals surface area (Å²) < 4.78 is 6.62. The number of benzene rings is 2. The number of anilines is 1. The summed E-state index contributed by atoms with van der Waals surface area (Å²) in [5.41, 5.74) is 7.80. The fraction of sp³-hybridized carbons (Fsp3) is 0.118. The Morgan fingerprint density at radius 1 is 1.20 bits per heavy atom. The van der Waals surface area contributed by atoms with Crippen LogP contribution in [-0.2, 0) is 0 Å². The van der Waals surface area contributed by atoms with Gasteiger partial charge < -0.3 is 4.74 Å². The number of amides is 1. The van der Waals surface area contributed by atoms with Crippen LogP contribution in [0.1, 0.15) is 16.1 Å². The third-order valence-corrected chi connectivity index (χ3v) is 4.07. The molecule has 0 aliphatic rings. The van der Waals surface area contributed by atoms with Crippen molar-refractivity contribution >= 4 is 23.2 Å². The predicted octanol–water partition coefficient (Wildman–Crippen LogP) is 2.99. The number of halogens is 1. The van der Waals surface area contributed by atoms with Crippen molar-refractivity contribution in [2.75, 3.05) is 12.5 Å². The lowest BCUT2D eigenvalue weighted by Gasteiger charge is -2.10. The minimum atomic E-state index is -0.419. The second-order valence-corrected chi connectivity index (χ2v) is 5.64. The summed E-state index contributed by atoms with van der Waals surface area (Å²) in [5, 5.41) is 8.39. The zero-order valence-electron chi connectivity index (χ0n) is 13.7. The Morgan fingerprint density at radius 2 is 1.96 bits per heavy atom. The summed E-state index contributed by atoms with van der Waals surface area (Å²) >= 11 is 6.18. The van der Waals surface area contributed by atoms with Crippen molar-refractivity contribution in [1.29, 1.82) is 0 Å². The lowest BCUT2D eigenvalue weighted by molar-refractivity contribution is 0.0957. The highest BCUT2D eigenvalue weighted by molar-refractivity contribution is 6.34. The van der Waals surface area contributed by atoms with E-state index in [0.717, 1.165) is 17.0 Å². The van der Waals surface area contributed by atoms with Crippen LogP contribution in [0.2, 0.25) is 5.02 Å². The molecule has 0 atom stereocenters. The number of ether oxygens (including phenoxy) is 1. The van der Waals surface area contributed by atoms with Crippen molar-refractivity contribution in [3.05, 3.63) is 64.9 Å². The van der Waals surface area contributed by atoms with E-state index in [0.29, 0.717) is 10.7 Å². The number of aryl methyl sites for hydroxylation is 1. The molecule has 0 saturated heterocycles. The molecule has 128 valence electrons. The normalized spacial score (nSPS) is 10.4. The zero-order valence-corrected chi connectivity index (χ0v) is 14.4. The van der Waals surface area contributed by atoms with E-state index >= 15 is 0 Å². The van der Waals surface area contributed by atoms with Crippen LogP contribution >= 0.6 is 11.6 Å². The van der Waals surface area contributed by atoms with Crippen LogP contribution in [0.5, 0.6) is 5.75 Å². The Bertz CT molecular complexity index is 892. The van der Waals surface area contributed by atoms with Gasteiger partial charge in [0.1, 0.15) is 5.75 Å². The summed E-state index contributed by atoms with van der Waals surface area (Å²) in [6.07, 6.45) is 1.54. The van der Waals surface area contributed by atoms with E-state index in [1.165, 1.54) is 10.9 Å². The molecule has 1 amide bonds. The number of hydrogen-bond donors (Lipinski definition) is 2. The van der Waals surface area contributed by atoms with Gasteiger partial charge >= 0.3 is 0 Å². The first kappa shape index (κ1) is 16.8. The average molecular weight is 358 g/mol. The molecule has 0 radical (unpaired) electrons. The maximum Gasteiger partial charge on any atom is 0.291 e. The highest BCUT2D eigenvalue weighted by Gasteiger charge is 2.12. The van der Waals surface area contributed by atoms with Gasteiger partial charge in [0.15, 0.2) is 5.69 Å². The summed E-state index contributed by atoms with van der Waals surface area (Å²) in [6, 6.07) is 12.7. The van der Waals surface area contributed by atoms with E-state index in [1.54, 1.807) is 25.3 Å². The molecule has 3 rings (SSSR count). The van der Waals surface area contributed by atoms with Gasteiger partial charge in [0.25, 0.3) is 5.91 Å². The fourth-order valence-corrected chi connectivity index (χ4v) is 2.33. The molecular weight excluding hydrogens is 342 g/mol. The third kappa shape index (κ3) is 3.72. The molecule has 25 heavy (non-hydrogen) atoms. The van der Waals surface area contributed by atoms with Gasteiger partial charge in [-0.15, -0.1) is 5.10 Å². The molecule has 8 heteroatoms. The van der Waals surface area contributed by atoms with Crippen molar-refractivity contribution in [1.82, 2.24) is 20.4 Å². The fourth-order valence-electron chi connectivity index (χ4n) is 2.16. The number of carbonyl (C=O) groups excluding carboxylic acids is 1. The van der Waals surface area contributed by atoms with Crippen LogP contribution in [0.15, 0.2) is 48.7 Å². The van der Waals surface area contributed by atoms with Crippen molar-refractivity contribution in [3.63, 3.8) is 0 Å². The average Bonchev–Trinajstić information content (AvgIpc) is 3.13. The molecule has 1 heterocycles. The van der Waals surface area contributed by atoms with Gasteiger partial charge in [0.05, 0.1) is 29.7 Å². The maximum absolute atomic E-state index is 12.2. The van der Waals surface area contributed by atoms with Crippen LogP contribution < -0.4 is 15.6 Å². The summed E-state index contributed by atoms with van der Waals surface area (Å²) in [7, 11) is 1.60. The number of methoxy groups -OCH3 is 1. The molecule has 0 saturated carbocycles. The van der Waals surface area contributed by atoms with Gasteiger partial charge in [-0.05, 0) is 42.8 Å². The zero-order chi connectivity index (χ0) is 17.8. The van der Waals surface area contributed by atoms with Gasteiger partial charge in [-0.1, -0.05) is 28.9 Å². The standard InChI is InChI=1S/C17H16ClN5O2/c1-11-4-3-5-14(16(11)18)19-21-17(24)15-10-23(22-20-15)12-6-8-13(25-2)9-7-12/h3-10,19H,1-2H3,(H,21,24). The highest BCUT2D eigenvalue weighted by Crippen LogP contribution is 2.24. The van der Waals surface area contributed by atoms with Crippen molar-refractivity contribution < 1.29 is 9.53 Å². The second-order valence-electron chi connectivity index (χ2n) is 5.26. The Labute approximate surface area is 149 Å². The van der Waals surface area contributed by atoms with E-state index in [4.69, 9.17) is 16.3 Å². The van der Waals surface area contributed by atoms with Crippen LogP contribution in [0.3, 0.4) is 0 Å². The molecule has 0 fully saturated rings. The molecule has 3 aromatic rings. The number of nitrogens with zero attached hydrogens (tertiary/aromatic N) is 3. The van der Waals surface area contributed by atoms with Crippen LogP contribution in [-0.4, -0.2) is 28.0 Å². The van der Waals surface area contributed by atoms with E-state index < -0.39 is 5.91 Å². The Kier molecular flexibility index (Phi) is 4.85. The Balaban J connectivity index is 1.69. The molecule has 0 aliphatic carbocycles. The van der Waals surface area contributed by atoms with Gasteiger partial charge in [-0.2, -0.15) is 0 Å². The van der Waals surface area contributed by atoms with Crippen LogP contribution in [0, 0.1) is 6.92 Å². The number of carbonyl (C=O) groups is 1. The van der Waals surface area contributed by atoms with Gasteiger partial charge in [-0.3, -0.25) is 15.6 Å². The minimum absolute atomic E-state index is 0.173. The van der Waals surface area contributed by atoms with Gasteiger partial charge in [-0.25, -0.2) is 4.68 Å². The molecule has 2 N–H and O–H groups in total. The topological polar surface area (TPSA) is 81.1 Å². The number of nitrogens with one attached hydrogen (secondary N) is 2. The molecule has 2 aromatic carbocycles. The third-order valence-electron chi connectivity index (χ3n) is 3.57. The van der Waals surface area contributed by atoms with E-state index in [-0.39, 0.29) is 5.69 Å². The number of hydrazine groups is 1. The largest absolute Gasteiger partial charge is 0.497 e. The maximum atomic E-state index is 12.2. The first-order chi connectivity index (χ1) is 12.1. The van der Waals surface area contributed by atoms with E-state index in [2.05, 4.69) is 21.2 Å². The molecule has 0 spiro atoms. The van der Waals surface area contributed by atoms with Crippen LogP contribution in [0.4, 0.5) is 5.69 Å². The van der Waals surface area contributed by atoms with Crippen molar-refractivity contribution in [3.8, 4) is 11.4 Å². The molecule has 0 aliphatic heterocycles. The number of rotatable bonds is 5. The van der Waals surface area contributed by atoms with E-state index in [9.17, 15) is 4.79 Å². The number of hydrogen-bond acceptors (Lipinski definition) is 5. The Hall–Kier alpha value is -3.06. The van der Waals surface area contributed by atoms with Gasteiger partial charge in [0.2, 0.25) is 0 Å².